The lowest BCUT2D eigenvalue weighted by molar-refractivity contribution is 0.340. The number of aryl methyl sites for hydroxylation is 1. The van der Waals surface area contributed by atoms with E-state index >= 15 is 0 Å². The summed E-state index contributed by atoms with van der Waals surface area (Å²) in [6.45, 7) is 3.11. The molecule has 1 N–H and O–H groups in total. The molecule has 6 heteroatoms. The molecular formula is C23H22Cl2N4. The van der Waals surface area contributed by atoms with Crippen LogP contribution < -0.4 is 5.32 Å². The van der Waals surface area contributed by atoms with Crippen molar-refractivity contribution in [1.82, 2.24) is 19.9 Å². The molecule has 1 aliphatic heterocycles. The lowest BCUT2D eigenvalue weighted by Gasteiger charge is -2.23. The molecule has 1 saturated heterocycles. The Morgan fingerprint density at radius 3 is 2.59 bits per heavy atom. The molecule has 2 aromatic heterocycles. The number of piperidine rings is 1. The van der Waals surface area contributed by atoms with E-state index in [1.54, 1.807) is 0 Å². The SMILES string of the molecule is Clc1ccc2nc(Cl)c3nc(-c4ccccc4)n(CCC4CCNCC4)c3c2c1. The maximum Gasteiger partial charge on any atom is 0.157 e. The smallest absolute Gasteiger partial charge is 0.157 e. The Balaban J connectivity index is 1.71. The normalized spacial score (nSPS) is 15.4. The van der Waals surface area contributed by atoms with Gasteiger partial charge in [0.15, 0.2) is 5.15 Å². The van der Waals surface area contributed by atoms with Gasteiger partial charge in [-0.1, -0.05) is 53.5 Å². The molecule has 0 unspecified atom stereocenters. The standard InChI is InChI=1S/C23H22Cl2N4/c24-17-6-7-19-18(14-17)21-20(22(25)27-19)28-23(16-4-2-1-3-5-16)29(21)13-10-15-8-11-26-12-9-15/h1-7,14-15,26H,8-13H2. The largest absolute Gasteiger partial charge is 0.323 e. The fraction of sp³-hybridized carbons (Fsp3) is 0.304. The van der Waals surface area contributed by atoms with Crippen LogP contribution >= 0.6 is 23.2 Å². The number of imidazole rings is 1. The molecule has 0 aliphatic carbocycles. The van der Waals surface area contributed by atoms with Crippen molar-refractivity contribution in [2.45, 2.75) is 25.8 Å². The molecule has 4 nitrogen and oxygen atoms in total. The number of nitrogens with one attached hydrogen (secondary N) is 1. The van der Waals surface area contributed by atoms with Crippen molar-refractivity contribution in [3.8, 4) is 11.4 Å². The van der Waals surface area contributed by atoms with Gasteiger partial charge in [-0.15, -0.1) is 0 Å². The third-order valence-corrected chi connectivity index (χ3v) is 6.35. The molecule has 0 bridgehead atoms. The predicted molar refractivity (Wildman–Crippen MR) is 121 cm³/mol. The number of fused-ring (bicyclic) bond motifs is 3. The highest BCUT2D eigenvalue weighted by Crippen LogP contribution is 2.35. The van der Waals surface area contributed by atoms with Crippen molar-refractivity contribution in [3.05, 3.63) is 58.7 Å². The van der Waals surface area contributed by atoms with E-state index in [9.17, 15) is 0 Å². The summed E-state index contributed by atoms with van der Waals surface area (Å²) in [4.78, 5) is 9.50. The summed E-state index contributed by atoms with van der Waals surface area (Å²) in [6, 6.07) is 16.1. The molecule has 4 aromatic rings. The summed E-state index contributed by atoms with van der Waals surface area (Å²) in [5.74, 6) is 1.66. The first-order chi connectivity index (χ1) is 14.2. The molecule has 5 rings (SSSR count). The van der Waals surface area contributed by atoms with Gasteiger partial charge in [0.2, 0.25) is 0 Å². The number of halogens is 2. The lowest BCUT2D eigenvalue weighted by Crippen LogP contribution is -2.28. The van der Waals surface area contributed by atoms with Crippen LogP contribution in [0.3, 0.4) is 0 Å². The van der Waals surface area contributed by atoms with Crippen LogP contribution in [0, 0.1) is 5.92 Å². The molecule has 0 radical (unpaired) electrons. The van der Waals surface area contributed by atoms with Crippen molar-refractivity contribution in [3.63, 3.8) is 0 Å². The van der Waals surface area contributed by atoms with Gasteiger partial charge in [-0.25, -0.2) is 9.97 Å². The Hall–Kier alpha value is -2.14. The summed E-state index contributed by atoms with van der Waals surface area (Å²) in [5.41, 5.74) is 3.69. The number of pyridine rings is 1. The number of benzene rings is 2. The third kappa shape index (κ3) is 3.61. The van der Waals surface area contributed by atoms with Crippen molar-refractivity contribution >= 4 is 45.1 Å². The van der Waals surface area contributed by atoms with Crippen molar-refractivity contribution in [1.29, 1.82) is 0 Å². The van der Waals surface area contributed by atoms with E-state index in [1.807, 2.05) is 36.4 Å². The van der Waals surface area contributed by atoms with Gasteiger partial charge >= 0.3 is 0 Å². The summed E-state index contributed by atoms with van der Waals surface area (Å²) < 4.78 is 2.32. The van der Waals surface area contributed by atoms with Crippen molar-refractivity contribution in [2.24, 2.45) is 5.92 Å². The van der Waals surface area contributed by atoms with Crippen LogP contribution in [0.5, 0.6) is 0 Å². The highest BCUT2D eigenvalue weighted by Gasteiger charge is 2.20. The molecular weight excluding hydrogens is 403 g/mol. The first kappa shape index (κ1) is 18.9. The minimum absolute atomic E-state index is 0.438. The zero-order valence-electron chi connectivity index (χ0n) is 16.0. The van der Waals surface area contributed by atoms with Crippen LogP contribution in [0.2, 0.25) is 10.2 Å². The number of nitrogens with zero attached hydrogens (tertiary/aromatic N) is 3. The average molecular weight is 425 g/mol. The molecule has 1 aliphatic rings. The maximum absolute atomic E-state index is 6.57. The maximum atomic E-state index is 6.57. The second-order valence-electron chi connectivity index (χ2n) is 7.70. The Labute approximate surface area is 179 Å². The molecule has 2 aromatic carbocycles. The number of hydrogen-bond donors (Lipinski definition) is 1. The first-order valence-electron chi connectivity index (χ1n) is 10.1. The van der Waals surface area contributed by atoms with Gasteiger partial charge in [0, 0.05) is 22.5 Å². The van der Waals surface area contributed by atoms with Gasteiger partial charge < -0.3 is 9.88 Å². The van der Waals surface area contributed by atoms with Crippen molar-refractivity contribution in [2.75, 3.05) is 13.1 Å². The van der Waals surface area contributed by atoms with E-state index in [2.05, 4.69) is 27.0 Å². The fourth-order valence-corrected chi connectivity index (χ4v) is 4.73. The Morgan fingerprint density at radius 1 is 1.00 bits per heavy atom. The number of aromatic nitrogens is 3. The predicted octanol–water partition coefficient (Wildman–Crippen LogP) is 5.95. The van der Waals surface area contributed by atoms with Gasteiger partial charge in [0.05, 0.1) is 11.0 Å². The van der Waals surface area contributed by atoms with E-state index < -0.39 is 0 Å². The zero-order chi connectivity index (χ0) is 19.8. The molecule has 0 amide bonds. The fourth-order valence-electron chi connectivity index (χ4n) is 4.33. The minimum atomic E-state index is 0.438. The third-order valence-electron chi connectivity index (χ3n) is 5.85. The molecule has 0 saturated carbocycles. The minimum Gasteiger partial charge on any atom is -0.323 e. The summed E-state index contributed by atoms with van der Waals surface area (Å²) in [5, 5.41) is 5.58. The highest BCUT2D eigenvalue weighted by atomic mass is 35.5. The molecule has 148 valence electrons. The first-order valence-corrected chi connectivity index (χ1v) is 10.9. The van der Waals surface area contributed by atoms with Crippen LogP contribution in [-0.2, 0) is 6.54 Å². The summed E-state index contributed by atoms with van der Waals surface area (Å²) >= 11 is 12.9. The van der Waals surface area contributed by atoms with Crippen LogP contribution in [0.1, 0.15) is 19.3 Å². The van der Waals surface area contributed by atoms with E-state index in [4.69, 9.17) is 28.2 Å². The molecule has 1 fully saturated rings. The second kappa shape index (κ2) is 7.94. The average Bonchev–Trinajstić information content (AvgIpc) is 3.15. The summed E-state index contributed by atoms with van der Waals surface area (Å²) in [7, 11) is 0. The van der Waals surface area contributed by atoms with Crippen LogP contribution in [0.25, 0.3) is 33.3 Å². The van der Waals surface area contributed by atoms with E-state index in [0.717, 1.165) is 65.3 Å². The number of rotatable bonds is 4. The molecule has 0 spiro atoms. The number of hydrogen-bond acceptors (Lipinski definition) is 3. The second-order valence-corrected chi connectivity index (χ2v) is 8.49. The van der Waals surface area contributed by atoms with Gasteiger partial charge in [0.25, 0.3) is 0 Å². The monoisotopic (exact) mass is 424 g/mol. The Bertz CT molecular complexity index is 1160. The van der Waals surface area contributed by atoms with E-state index in [0.29, 0.717) is 10.2 Å². The quantitative estimate of drug-likeness (QED) is 0.411. The summed E-state index contributed by atoms with van der Waals surface area (Å²) in [6.07, 6.45) is 3.57. The van der Waals surface area contributed by atoms with Crippen molar-refractivity contribution < 1.29 is 0 Å². The van der Waals surface area contributed by atoms with Gasteiger partial charge in [-0.05, 0) is 56.5 Å². The highest BCUT2D eigenvalue weighted by molar-refractivity contribution is 6.36. The van der Waals surface area contributed by atoms with Gasteiger partial charge in [-0.3, -0.25) is 0 Å². The van der Waals surface area contributed by atoms with Crippen LogP contribution in [0.15, 0.2) is 48.5 Å². The van der Waals surface area contributed by atoms with E-state index in [-0.39, 0.29) is 0 Å². The zero-order valence-corrected chi connectivity index (χ0v) is 17.5. The van der Waals surface area contributed by atoms with Gasteiger partial charge in [0.1, 0.15) is 11.3 Å². The topological polar surface area (TPSA) is 42.7 Å². The van der Waals surface area contributed by atoms with Crippen LogP contribution in [-0.4, -0.2) is 27.6 Å². The van der Waals surface area contributed by atoms with Crippen LogP contribution in [0.4, 0.5) is 0 Å². The lowest BCUT2D eigenvalue weighted by atomic mass is 9.94. The Kier molecular flexibility index (Phi) is 5.17. The molecule has 29 heavy (non-hydrogen) atoms. The van der Waals surface area contributed by atoms with E-state index in [1.165, 1.54) is 12.8 Å². The molecule has 3 heterocycles. The van der Waals surface area contributed by atoms with Gasteiger partial charge in [-0.2, -0.15) is 0 Å². The Morgan fingerprint density at radius 2 is 1.79 bits per heavy atom. The molecule has 0 atom stereocenters.